The van der Waals surface area contributed by atoms with Gasteiger partial charge in [0.15, 0.2) is 9.84 Å². The molecule has 0 radical (unpaired) electrons. The molecule has 0 aliphatic carbocycles. The van der Waals surface area contributed by atoms with Gasteiger partial charge in [0.25, 0.3) is 11.8 Å². The first-order valence-corrected chi connectivity index (χ1v) is 15.4. The minimum atomic E-state index is -6.05. The maximum Gasteiger partial charge on any atom is 0.499 e. The molecule has 2 heterocycles. The van der Waals surface area contributed by atoms with Gasteiger partial charge in [-0.25, -0.2) is 8.42 Å². The van der Waals surface area contributed by atoms with Crippen molar-refractivity contribution >= 4 is 27.2 Å². The first-order valence-electron chi connectivity index (χ1n) is 13.7. The number of rotatable bonds is 8. The number of hydroxylamine groups is 2. The van der Waals surface area contributed by atoms with Crippen molar-refractivity contribution < 1.29 is 49.9 Å². The van der Waals surface area contributed by atoms with Crippen LogP contribution in [0.4, 0.5) is 22.0 Å². The summed E-state index contributed by atoms with van der Waals surface area (Å²) in [6.07, 6.45) is -9.94. The molecule has 2 amide bonds. The molecule has 1 saturated heterocycles. The lowest BCUT2D eigenvalue weighted by atomic mass is 9.79. The molecular weight excluding hydrogens is 627 g/mol. The minimum Gasteiger partial charge on any atom is -0.426 e. The molecule has 1 unspecified atom stereocenters. The highest BCUT2D eigenvalue weighted by Crippen LogP contribution is 2.38. The zero-order valence-corrected chi connectivity index (χ0v) is 24.6. The van der Waals surface area contributed by atoms with E-state index in [0.717, 1.165) is 29.3 Å². The van der Waals surface area contributed by atoms with Crippen molar-refractivity contribution in [2.75, 3.05) is 25.4 Å². The maximum atomic E-state index is 13.8. The standard InChI is InChI=1S/C29H29F5N4O6S/c1-18-13-19(16-35)5-6-23(18)20-7-10-37-24(15-20)45(42,43)17-27(8-11-36-12-9-27)26(40)38(41)25(39)21-3-2-4-22(14-21)44-29(33,34)28(30,31)32/h2-7,13-14,24,36-37,41H,8-12,15,17H2,1H3. The smallest absolute Gasteiger partial charge is 0.426 e. The Kier molecular flexibility index (Phi) is 9.69. The van der Waals surface area contributed by atoms with Gasteiger partial charge in [-0.05, 0) is 79.9 Å². The molecule has 10 nitrogen and oxygen atoms in total. The van der Waals surface area contributed by atoms with Crippen LogP contribution in [-0.4, -0.2) is 73.5 Å². The van der Waals surface area contributed by atoms with E-state index in [9.17, 15) is 45.2 Å². The van der Waals surface area contributed by atoms with E-state index >= 15 is 0 Å². The van der Waals surface area contributed by atoms with Crippen LogP contribution < -0.4 is 15.4 Å². The van der Waals surface area contributed by atoms with Crippen LogP contribution in [0, 0.1) is 23.7 Å². The van der Waals surface area contributed by atoms with E-state index in [4.69, 9.17) is 5.26 Å². The fourth-order valence-corrected chi connectivity index (χ4v) is 7.55. The predicted molar refractivity (Wildman–Crippen MR) is 150 cm³/mol. The number of carbonyl (C=O) groups is 2. The first-order chi connectivity index (χ1) is 21.0. The van der Waals surface area contributed by atoms with Gasteiger partial charge in [-0.1, -0.05) is 18.2 Å². The number of imide groups is 1. The molecular formula is C29H29F5N4O6S. The molecule has 16 heteroatoms. The Hall–Kier alpha value is -3.91. The van der Waals surface area contributed by atoms with Gasteiger partial charge in [0.1, 0.15) is 11.1 Å². The molecule has 4 rings (SSSR count). The van der Waals surface area contributed by atoms with Crippen LogP contribution in [-0.2, 0) is 14.6 Å². The van der Waals surface area contributed by atoms with Crippen molar-refractivity contribution in [1.82, 2.24) is 15.7 Å². The van der Waals surface area contributed by atoms with Crippen LogP contribution in [0.1, 0.15) is 46.3 Å². The van der Waals surface area contributed by atoms with Gasteiger partial charge in [-0.3, -0.25) is 20.1 Å². The topological polar surface area (TPSA) is 149 Å². The number of halogens is 5. The average molecular weight is 657 g/mol. The molecule has 0 bridgehead atoms. The van der Waals surface area contributed by atoms with Crippen LogP contribution in [0.3, 0.4) is 0 Å². The fraction of sp³-hybridized carbons (Fsp3) is 0.414. The van der Waals surface area contributed by atoms with E-state index in [2.05, 4.69) is 15.4 Å². The molecule has 2 aromatic rings. The number of hydrogen-bond acceptors (Lipinski definition) is 9. The van der Waals surface area contributed by atoms with Gasteiger partial charge < -0.3 is 10.1 Å². The van der Waals surface area contributed by atoms with Crippen molar-refractivity contribution in [2.45, 2.75) is 43.8 Å². The highest BCUT2D eigenvalue weighted by molar-refractivity contribution is 7.92. The van der Waals surface area contributed by atoms with E-state index in [1.165, 1.54) is 0 Å². The first kappa shape index (κ1) is 34.0. The number of nitrogens with zero attached hydrogens (tertiary/aromatic N) is 2. The van der Waals surface area contributed by atoms with Crippen LogP contribution in [0.15, 0.2) is 48.5 Å². The van der Waals surface area contributed by atoms with Gasteiger partial charge in [-0.2, -0.15) is 32.3 Å². The van der Waals surface area contributed by atoms with E-state index in [0.29, 0.717) is 17.2 Å². The molecule has 45 heavy (non-hydrogen) atoms. The highest BCUT2D eigenvalue weighted by atomic mass is 32.2. The lowest BCUT2D eigenvalue weighted by Crippen LogP contribution is -2.55. The normalized spacial score (nSPS) is 18.8. The van der Waals surface area contributed by atoms with E-state index in [1.54, 1.807) is 25.1 Å². The van der Waals surface area contributed by atoms with Crippen molar-refractivity contribution in [3.63, 3.8) is 0 Å². The summed E-state index contributed by atoms with van der Waals surface area (Å²) in [5.41, 5.74) is 0.271. The third-order valence-electron chi connectivity index (χ3n) is 7.77. The zero-order valence-electron chi connectivity index (χ0n) is 23.8. The number of ether oxygens (including phenoxy) is 1. The molecule has 1 fully saturated rings. The van der Waals surface area contributed by atoms with Crippen LogP contribution in [0.25, 0.3) is 5.57 Å². The number of carbonyl (C=O) groups excluding carboxylic acids is 2. The summed E-state index contributed by atoms with van der Waals surface area (Å²) in [6.45, 7) is 2.33. The minimum absolute atomic E-state index is 0.0364. The SMILES string of the molecule is Cc1cc(C#N)ccc1C1=CCNC(S(=O)(=O)CC2(C(=O)N(O)C(=O)c3cccc(OC(F)(F)C(F)(F)F)c3)CCNCC2)C1. The lowest BCUT2D eigenvalue weighted by Gasteiger charge is -2.38. The summed E-state index contributed by atoms with van der Waals surface area (Å²) in [5.74, 6) is -4.55. The average Bonchev–Trinajstić information content (AvgIpc) is 2.99. The number of hydrogen-bond donors (Lipinski definition) is 3. The van der Waals surface area contributed by atoms with Gasteiger partial charge in [-0.15, -0.1) is 0 Å². The Bertz CT molecular complexity index is 1650. The second kappa shape index (κ2) is 12.8. The van der Waals surface area contributed by atoms with Crippen LogP contribution in [0.5, 0.6) is 5.75 Å². The number of nitriles is 1. The van der Waals surface area contributed by atoms with Gasteiger partial charge in [0.05, 0.1) is 22.8 Å². The second-order valence-electron chi connectivity index (χ2n) is 10.9. The number of benzene rings is 2. The van der Waals surface area contributed by atoms with E-state index in [-0.39, 0.29) is 44.0 Å². The molecule has 1 atom stereocenters. The number of piperidine rings is 1. The van der Waals surface area contributed by atoms with Crippen molar-refractivity contribution in [3.8, 4) is 11.8 Å². The van der Waals surface area contributed by atoms with E-state index in [1.807, 2.05) is 12.1 Å². The lowest BCUT2D eigenvalue weighted by molar-refractivity contribution is -0.360. The predicted octanol–water partition coefficient (Wildman–Crippen LogP) is 3.95. The quantitative estimate of drug-likeness (QED) is 0.166. The molecule has 2 aromatic carbocycles. The highest BCUT2D eigenvalue weighted by Gasteiger charge is 2.61. The number of amides is 2. The molecule has 0 saturated carbocycles. The number of sulfone groups is 1. The Morgan fingerprint density at radius 1 is 1.13 bits per heavy atom. The van der Waals surface area contributed by atoms with Crippen molar-refractivity contribution in [3.05, 3.63) is 70.8 Å². The number of alkyl halides is 5. The molecule has 0 spiro atoms. The third kappa shape index (κ3) is 7.33. The maximum absolute atomic E-state index is 13.8. The molecule has 0 aromatic heterocycles. The molecule has 2 aliphatic heterocycles. The van der Waals surface area contributed by atoms with Crippen molar-refractivity contribution in [1.29, 1.82) is 5.26 Å². The summed E-state index contributed by atoms with van der Waals surface area (Å²) in [4.78, 5) is 26.7. The van der Waals surface area contributed by atoms with Gasteiger partial charge >= 0.3 is 12.3 Å². The number of aryl methyl sites for hydroxylation is 1. The molecule has 2 aliphatic rings. The van der Waals surface area contributed by atoms with E-state index < -0.39 is 61.8 Å². The monoisotopic (exact) mass is 656 g/mol. The van der Waals surface area contributed by atoms with Gasteiger partial charge in [0.2, 0.25) is 0 Å². The second-order valence-corrected chi connectivity index (χ2v) is 13.1. The van der Waals surface area contributed by atoms with Crippen molar-refractivity contribution in [2.24, 2.45) is 5.41 Å². The Morgan fingerprint density at radius 2 is 1.82 bits per heavy atom. The summed E-state index contributed by atoms with van der Waals surface area (Å²) in [7, 11) is -4.13. The van der Waals surface area contributed by atoms with Crippen LogP contribution in [0.2, 0.25) is 0 Å². The number of nitrogens with one attached hydrogen (secondary N) is 2. The molecule has 242 valence electrons. The zero-order chi connectivity index (χ0) is 33.2. The fourth-order valence-electron chi connectivity index (χ4n) is 5.38. The summed E-state index contributed by atoms with van der Waals surface area (Å²) >= 11 is 0. The Balaban J connectivity index is 1.55. The Labute approximate surface area is 255 Å². The third-order valence-corrected chi connectivity index (χ3v) is 9.92. The van der Waals surface area contributed by atoms with Gasteiger partial charge in [0, 0.05) is 18.5 Å². The largest absolute Gasteiger partial charge is 0.499 e. The molecule has 3 N–H and O–H groups in total. The van der Waals surface area contributed by atoms with Crippen LogP contribution >= 0.6 is 0 Å². The summed E-state index contributed by atoms with van der Waals surface area (Å²) in [5, 5.41) is 24.3. The summed E-state index contributed by atoms with van der Waals surface area (Å²) in [6, 6.07) is 10.2. The Morgan fingerprint density at radius 3 is 2.44 bits per heavy atom. The summed E-state index contributed by atoms with van der Waals surface area (Å²) < 4.78 is 95.8.